The monoisotopic (exact) mass is 227 g/mol. The number of H-pyrrole nitrogens is 1. The van der Waals surface area contributed by atoms with E-state index in [0.717, 1.165) is 15.6 Å². The smallest absolute Gasteiger partial charge is 0.407 e. The molecule has 0 fully saturated rings. The van der Waals surface area contributed by atoms with Crippen molar-refractivity contribution in [2.45, 2.75) is 6.92 Å². The number of nitrogens with one attached hydrogen (secondary N) is 1. The number of halogens is 1. The van der Waals surface area contributed by atoms with E-state index in [2.05, 4.69) is 20.9 Å². The van der Waals surface area contributed by atoms with Crippen LogP contribution >= 0.6 is 15.9 Å². The lowest BCUT2D eigenvalue weighted by Gasteiger charge is -1.93. The van der Waals surface area contributed by atoms with Gasteiger partial charge >= 0.3 is 5.76 Å². The van der Waals surface area contributed by atoms with Crippen LogP contribution in [0.5, 0.6) is 0 Å². The molecule has 0 spiro atoms. The highest BCUT2D eigenvalue weighted by molar-refractivity contribution is 9.10. The lowest BCUT2D eigenvalue weighted by atomic mass is 10.2. The molecule has 4 heteroatoms. The molecule has 3 nitrogen and oxygen atoms in total. The Labute approximate surface area is 76.5 Å². The number of aromatic amines is 1. The lowest BCUT2D eigenvalue weighted by molar-refractivity contribution is 0.554. The average Bonchev–Trinajstić information content (AvgIpc) is 2.29. The molecule has 1 N–H and O–H groups in total. The number of hydrogen-bond acceptors (Lipinski definition) is 2. The zero-order chi connectivity index (χ0) is 8.72. The van der Waals surface area contributed by atoms with Crippen molar-refractivity contribution in [2.75, 3.05) is 0 Å². The highest BCUT2D eigenvalue weighted by Gasteiger charge is 2.04. The zero-order valence-electron chi connectivity index (χ0n) is 6.35. The minimum atomic E-state index is -0.420. The van der Waals surface area contributed by atoms with E-state index in [-0.39, 0.29) is 0 Å². The quantitative estimate of drug-likeness (QED) is 0.751. The molecule has 62 valence electrons. The van der Waals surface area contributed by atoms with Crippen molar-refractivity contribution in [2.24, 2.45) is 0 Å². The fraction of sp³-hybridized carbons (Fsp3) is 0.125. The Morgan fingerprint density at radius 3 is 3.00 bits per heavy atom. The number of aryl methyl sites for hydroxylation is 1. The Morgan fingerprint density at radius 1 is 1.50 bits per heavy atom. The molecule has 0 aliphatic heterocycles. The number of rotatable bonds is 0. The molecule has 2 rings (SSSR count). The summed E-state index contributed by atoms with van der Waals surface area (Å²) in [7, 11) is 0. The first-order valence-electron chi connectivity index (χ1n) is 3.46. The molecule has 1 heterocycles. The van der Waals surface area contributed by atoms with Gasteiger partial charge in [-0.05, 0) is 40.5 Å². The summed E-state index contributed by atoms with van der Waals surface area (Å²) < 4.78 is 5.70. The third-order valence-corrected chi connectivity index (χ3v) is 2.21. The van der Waals surface area contributed by atoms with Gasteiger partial charge in [-0.1, -0.05) is 0 Å². The molecule has 0 radical (unpaired) electrons. The van der Waals surface area contributed by atoms with Gasteiger partial charge in [-0.15, -0.1) is 0 Å². The van der Waals surface area contributed by atoms with Crippen molar-refractivity contribution in [1.82, 2.24) is 4.98 Å². The van der Waals surface area contributed by atoms with Crippen LogP contribution in [0.1, 0.15) is 5.56 Å². The summed E-state index contributed by atoms with van der Waals surface area (Å²) in [4.78, 5) is 13.4. The largest absolute Gasteiger partial charge is 0.417 e. The molecule has 0 amide bonds. The minimum absolute atomic E-state index is 0.420. The van der Waals surface area contributed by atoms with Crippen LogP contribution in [0.4, 0.5) is 0 Å². The predicted octanol–water partition coefficient (Wildman–Crippen LogP) is 2.19. The van der Waals surface area contributed by atoms with Crippen LogP contribution in [0, 0.1) is 6.92 Å². The van der Waals surface area contributed by atoms with E-state index in [0.29, 0.717) is 5.58 Å². The summed E-state index contributed by atoms with van der Waals surface area (Å²) in [5, 5.41) is 0. The second kappa shape index (κ2) is 2.48. The second-order valence-corrected chi connectivity index (χ2v) is 3.49. The van der Waals surface area contributed by atoms with Crippen LogP contribution in [0.3, 0.4) is 0 Å². The molecule has 0 atom stereocenters. The van der Waals surface area contributed by atoms with Gasteiger partial charge in [0.05, 0.1) is 9.99 Å². The van der Waals surface area contributed by atoms with Crippen LogP contribution < -0.4 is 5.76 Å². The molecule has 0 bridgehead atoms. The van der Waals surface area contributed by atoms with Gasteiger partial charge < -0.3 is 4.42 Å². The summed E-state index contributed by atoms with van der Waals surface area (Å²) in [5.41, 5.74) is 2.38. The van der Waals surface area contributed by atoms with E-state index in [4.69, 9.17) is 4.42 Å². The number of aromatic nitrogens is 1. The van der Waals surface area contributed by atoms with Crippen molar-refractivity contribution < 1.29 is 4.42 Å². The molecule has 0 aliphatic carbocycles. The summed E-state index contributed by atoms with van der Waals surface area (Å²) in [6.07, 6.45) is 0. The highest BCUT2D eigenvalue weighted by Crippen LogP contribution is 2.22. The predicted molar refractivity (Wildman–Crippen MR) is 49.3 cm³/mol. The minimum Gasteiger partial charge on any atom is -0.407 e. The van der Waals surface area contributed by atoms with Gasteiger partial charge in [-0.25, -0.2) is 4.79 Å². The Balaban J connectivity index is 2.97. The Bertz CT molecular complexity index is 483. The van der Waals surface area contributed by atoms with Gasteiger partial charge in [0.2, 0.25) is 0 Å². The molecule has 2 aromatic rings. The molecule has 12 heavy (non-hydrogen) atoms. The molecule has 1 aromatic carbocycles. The molecular weight excluding hydrogens is 222 g/mol. The van der Waals surface area contributed by atoms with Crippen molar-refractivity contribution in [3.63, 3.8) is 0 Å². The topological polar surface area (TPSA) is 46.0 Å². The standard InChI is InChI=1S/C8H6BrNO2/c1-4-2-5(9)7-6(3-4)10-8(11)12-7/h2-3H,1H3,(H,10,11). The van der Waals surface area contributed by atoms with Gasteiger partial charge in [-0.3, -0.25) is 4.98 Å². The maximum atomic E-state index is 10.8. The number of oxazole rings is 1. The van der Waals surface area contributed by atoms with Crippen LogP contribution in [0.15, 0.2) is 25.8 Å². The van der Waals surface area contributed by atoms with Crippen molar-refractivity contribution in [1.29, 1.82) is 0 Å². The second-order valence-electron chi connectivity index (χ2n) is 2.64. The van der Waals surface area contributed by atoms with Gasteiger partial charge in [0.15, 0.2) is 5.58 Å². The highest BCUT2D eigenvalue weighted by atomic mass is 79.9. The fourth-order valence-corrected chi connectivity index (χ4v) is 1.81. The van der Waals surface area contributed by atoms with Crippen molar-refractivity contribution in [3.05, 3.63) is 32.7 Å². The van der Waals surface area contributed by atoms with Crippen molar-refractivity contribution in [3.8, 4) is 0 Å². The fourth-order valence-electron chi connectivity index (χ4n) is 1.15. The first-order chi connectivity index (χ1) is 5.66. The van der Waals surface area contributed by atoms with Gasteiger partial charge in [0.25, 0.3) is 0 Å². The molecule has 0 unspecified atom stereocenters. The maximum Gasteiger partial charge on any atom is 0.417 e. The van der Waals surface area contributed by atoms with Crippen LogP contribution in [0.25, 0.3) is 11.1 Å². The first-order valence-corrected chi connectivity index (χ1v) is 4.25. The Kier molecular flexibility index (Phi) is 1.58. The van der Waals surface area contributed by atoms with Crippen LogP contribution in [0.2, 0.25) is 0 Å². The maximum absolute atomic E-state index is 10.8. The zero-order valence-corrected chi connectivity index (χ0v) is 7.94. The van der Waals surface area contributed by atoms with E-state index in [1.165, 1.54) is 0 Å². The summed E-state index contributed by atoms with van der Waals surface area (Å²) >= 11 is 3.31. The Hall–Kier alpha value is -1.03. The molecule has 1 aromatic heterocycles. The van der Waals surface area contributed by atoms with E-state index >= 15 is 0 Å². The number of benzene rings is 1. The molecule has 0 saturated heterocycles. The summed E-state index contributed by atoms with van der Waals surface area (Å²) in [5.74, 6) is -0.420. The SMILES string of the molecule is Cc1cc(Br)c2oc(=O)[nH]c2c1. The average molecular weight is 228 g/mol. The lowest BCUT2D eigenvalue weighted by Crippen LogP contribution is -1.92. The van der Waals surface area contributed by atoms with Gasteiger partial charge in [-0.2, -0.15) is 0 Å². The van der Waals surface area contributed by atoms with E-state index in [1.54, 1.807) is 0 Å². The first kappa shape index (κ1) is 7.61. The van der Waals surface area contributed by atoms with Crippen LogP contribution in [-0.4, -0.2) is 4.98 Å². The van der Waals surface area contributed by atoms with Gasteiger partial charge in [0, 0.05) is 0 Å². The van der Waals surface area contributed by atoms with Crippen molar-refractivity contribution >= 4 is 27.0 Å². The van der Waals surface area contributed by atoms with Gasteiger partial charge in [0.1, 0.15) is 0 Å². The third kappa shape index (κ3) is 1.08. The van der Waals surface area contributed by atoms with E-state index in [9.17, 15) is 4.79 Å². The summed E-state index contributed by atoms with van der Waals surface area (Å²) in [6, 6.07) is 3.77. The normalized spacial score (nSPS) is 10.8. The van der Waals surface area contributed by atoms with E-state index < -0.39 is 5.76 Å². The molecular formula is C8H6BrNO2. The Morgan fingerprint density at radius 2 is 2.25 bits per heavy atom. The van der Waals surface area contributed by atoms with Crippen LogP contribution in [-0.2, 0) is 0 Å². The third-order valence-electron chi connectivity index (χ3n) is 1.62. The molecule has 0 aliphatic rings. The van der Waals surface area contributed by atoms with E-state index in [1.807, 2.05) is 19.1 Å². The summed E-state index contributed by atoms with van der Waals surface area (Å²) in [6.45, 7) is 1.95. The molecule has 0 saturated carbocycles. The number of fused-ring (bicyclic) bond motifs is 1. The number of hydrogen-bond donors (Lipinski definition) is 1.